The Kier molecular flexibility index (Phi) is 5.51. The Hall–Kier alpha value is -3.97. The van der Waals surface area contributed by atoms with Crippen LogP contribution in [0.4, 0.5) is 5.69 Å². The first-order valence-electron chi connectivity index (χ1n) is 9.26. The number of hydrogen-bond acceptors (Lipinski definition) is 5. The van der Waals surface area contributed by atoms with Crippen LogP contribution in [0.25, 0.3) is 28.7 Å². The minimum absolute atomic E-state index is 0.0898. The molecule has 4 aromatic rings. The zero-order valence-corrected chi connectivity index (χ0v) is 17.1. The standard InChI is InChI=1S/C23H16ClN3O4/c1-31-17-10-6-15(7-11-17)8-13-22-25-19-5-3-2-4-18(19)23(28)26(22)20-12-9-16(24)14-21(20)27(29)30/h2-14H,1H3/b13-8+. The minimum atomic E-state index is -0.570. The Morgan fingerprint density at radius 3 is 2.52 bits per heavy atom. The van der Waals surface area contributed by atoms with Crippen LogP contribution in [0.2, 0.25) is 5.02 Å². The van der Waals surface area contributed by atoms with Gasteiger partial charge in [0.1, 0.15) is 17.3 Å². The molecule has 0 aliphatic rings. The number of nitro groups is 1. The Labute approximate surface area is 182 Å². The highest BCUT2D eigenvalue weighted by Crippen LogP contribution is 2.27. The van der Waals surface area contributed by atoms with E-state index in [9.17, 15) is 14.9 Å². The van der Waals surface area contributed by atoms with Gasteiger partial charge < -0.3 is 4.74 Å². The maximum absolute atomic E-state index is 13.3. The average Bonchev–Trinajstić information content (AvgIpc) is 2.78. The highest BCUT2D eigenvalue weighted by molar-refractivity contribution is 6.30. The molecule has 1 heterocycles. The molecule has 8 heteroatoms. The second kappa shape index (κ2) is 8.41. The van der Waals surface area contributed by atoms with Crippen molar-refractivity contribution >= 4 is 40.3 Å². The van der Waals surface area contributed by atoms with Crippen molar-refractivity contribution in [1.82, 2.24) is 9.55 Å². The van der Waals surface area contributed by atoms with Gasteiger partial charge in [-0.3, -0.25) is 19.5 Å². The Bertz CT molecular complexity index is 1380. The monoisotopic (exact) mass is 433 g/mol. The van der Waals surface area contributed by atoms with Gasteiger partial charge in [0.05, 0.1) is 22.9 Å². The smallest absolute Gasteiger partial charge is 0.294 e. The molecule has 0 spiro atoms. The SMILES string of the molecule is COc1ccc(/C=C/c2nc3ccccc3c(=O)n2-c2ccc(Cl)cc2[N+](=O)[O-])cc1. The molecule has 4 rings (SSSR count). The number of nitro benzene ring substituents is 1. The largest absolute Gasteiger partial charge is 0.497 e. The summed E-state index contributed by atoms with van der Waals surface area (Å²) in [5.74, 6) is 0.972. The van der Waals surface area contributed by atoms with Crippen LogP contribution in [0.1, 0.15) is 11.4 Å². The summed E-state index contributed by atoms with van der Waals surface area (Å²) in [7, 11) is 1.58. The van der Waals surface area contributed by atoms with Gasteiger partial charge >= 0.3 is 0 Å². The van der Waals surface area contributed by atoms with Crippen molar-refractivity contribution < 1.29 is 9.66 Å². The Balaban J connectivity index is 1.96. The first-order chi connectivity index (χ1) is 15.0. The van der Waals surface area contributed by atoms with Crippen molar-refractivity contribution in [2.75, 3.05) is 7.11 Å². The van der Waals surface area contributed by atoms with Gasteiger partial charge in [-0.25, -0.2) is 4.98 Å². The predicted molar refractivity (Wildman–Crippen MR) is 121 cm³/mol. The normalized spacial score (nSPS) is 11.2. The van der Waals surface area contributed by atoms with Crippen molar-refractivity contribution in [3.05, 3.63) is 104 Å². The first kappa shape index (κ1) is 20.3. The van der Waals surface area contributed by atoms with E-state index in [-0.39, 0.29) is 22.2 Å². The Morgan fingerprint density at radius 1 is 1.06 bits per heavy atom. The molecule has 0 saturated carbocycles. The number of para-hydroxylation sites is 1. The number of nitrogens with zero attached hydrogens (tertiary/aromatic N) is 3. The van der Waals surface area contributed by atoms with E-state index in [4.69, 9.17) is 16.3 Å². The maximum Gasteiger partial charge on any atom is 0.294 e. The van der Waals surface area contributed by atoms with Crippen molar-refractivity contribution in [3.8, 4) is 11.4 Å². The maximum atomic E-state index is 13.3. The van der Waals surface area contributed by atoms with Gasteiger partial charge in [-0.1, -0.05) is 41.9 Å². The van der Waals surface area contributed by atoms with Gasteiger partial charge in [-0.2, -0.15) is 0 Å². The zero-order valence-electron chi connectivity index (χ0n) is 16.4. The molecular formula is C23H16ClN3O4. The predicted octanol–water partition coefficient (Wildman–Crippen LogP) is 5.13. The molecule has 0 aliphatic heterocycles. The van der Waals surface area contributed by atoms with E-state index in [0.717, 1.165) is 11.3 Å². The highest BCUT2D eigenvalue weighted by atomic mass is 35.5. The van der Waals surface area contributed by atoms with E-state index in [1.54, 1.807) is 43.5 Å². The van der Waals surface area contributed by atoms with E-state index in [1.807, 2.05) is 24.3 Å². The fraction of sp³-hybridized carbons (Fsp3) is 0.0435. The third kappa shape index (κ3) is 4.04. The molecule has 0 aliphatic carbocycles. The lowest BCUT2D eigenvalue weighted by Crippen LogP contribution is -2.23. The number of ether oxygens (including phenoxy) is 1. The third-order valence-corrected chi connectivity index (χ3v) is 4.95. The van der Waals surface area contributed by atoms with Gasteiger partial charge in [0, 0.05) is 11.1 Å². The molecule has 0 fully saturated rings. The quantitative estimate of drug-likeness (QED) is 0.322. The summed E-state index contributed by atoms with van der Waals surface area (Å²) in [6, 6.07) is 18.4. The molecule has 0 saturated heterocycles. The van der Waals surface area contributed by atoms with E-state index < -0.39 is 10.5 Å². The fourth-order valence-corrected chi connectivity index (χ4v) is 3.38. The number of aromatic nitrogens is 2. The molecule has 7 nitrogen and oxygen atoms in total. The van der Waals surface area contributed by atoms with Gasteiger partial charge in [0.15, 0.2) is 0 Å². The van der Waals surface area contributed by atoms with E-state index >= 15 is 0 Å². The summed E-state index contributed by atoms with van der Waals surface area (Å²) >= 11 is 5.96. The fourth-order valence-electron chi connectivity index (χ4n) is 3.21. The van der Waals surface area contributed by atoms with Crippen LogP contribution < -0.4 is 10.3 Å². The number of benzene rings is 3. The molecule has 0 amide bonds. The van der Waals surface area contributed by atoms with Crippen LogP contribution in [-0.4, -0.2) is 21.6 Å². The first-order valence-corrected chi connectivity index (χ1v) is 9.64. The molecule has 0 radical (unpaired) electrons. The van der Waals surface area contributed by atoms with Crippen LogP contribution >= 0.6 is 11.6 Å². The number of rotatable bonds is 5. The second-order valence-corrected chi connectivity index (χ2v) is 7.06. The summed E-state index contributed by atoms with van der Waals surface area (Å²) in [5.41, 5.74) is 0.735. The number of hydrogen-bond donors (Lipinski definition) is 0. The summed E-state index contributed by atoms with van der Waals surface area (Å²) in [6.07, 6.45) is 3.42. The van der Waals surface area contributed by atoms with Gasteiger partial charge in [0.25, 0.3) is 11.2 Å². The molecule has 0 N–H and O–H groups in total. The number of halogens is 1. The molecule has 154 valence electrons. The molecular weight excluding hydrogens is 418 g/mol. The average molecular weight is 434 g/mol. The van der Waals surface area contributed by atoms with Gasteiger partial charge in [-0.15, -0.1) is 0 Å². The Morgan fingerprint density at radius 2 is 1.81 bits per heavy atom. The van der Waals surface area contributed by atoms with Crippen LogP contribution in [0.15, 0.2) is 71.5 Å². The van der Waals surface area contributed by atoms with Crippen LogP contribution in [-0.2, 0) is 0 Å². The summed E-state index contributed by atoms with van der Waals surface area (Å²) in [6.45, 7) is 0. The zero-order chi connectivity index (χ0) is 22.0. The highest BCUT2D eigenvalue weighted by Gasteiger charge is 2.20. The lowest BCUT2D eigenvalue weighted by molar-refractivity contribution is -0.384. The number of fused-ring (bicyclic) bond motifs is 1. The molecule has 0 bridgehead atoms. The van der Waals surface area contributed by atoms with Crippen LogP contribution in [0, 0.1) is 10.1 Å². The summed E-state index contributed by atoms with van der Waals surface area (Å²) < 4.78 is 6.39. The van der Waals surface area contributed by atoms with Gasteiger partial charge in [-0.05, 0) is 48.0 Å². The molecule has 0 unspecified atom stereocenters. The van der Waals surface area contributed by atoms with E-state index in [2.05, 4.69) is 4.98 Å². The minimum Gasteiger partial charge on any atom is -0.497 e. The van der Waals surface area contributed by atoms with Crippen molar-refractivity contribution in [2.24, 2.45) is 0 Å². The summed E-state index contributed by atoms with van der Waals surface area (Å²) in [5, 5.41) is 12.2. The molecule has 3 aromatic carbocycles. The third-order valence-electron chi connectivity index (χ3n) is 4.72. The van der Waals surface area contributed by atoms with E-state index in [1.165, 1.54) is 22.8 Å². The molecule has 0 atom stereocenters. The second-order valence-electron chi connectivity index (χ2n) is 6.62. The summed E-state index contributed by atoms with van der Waals surface area (Å²) in [4.78, 5) is 29.0. The van der Waals surface area contributed by atoms with Crippen molar-refractivity contribution in [2.45, 2.75) is 0 Å². The molecule has 31 heavy (non-hydrogen) atoms. The van der Waals surface area contributed by atoms with Crippen LogP contribution in [0.5, 0.6) is 5.75 Å². The number of methoxy groups -OCH3 is 1. The lowest BCUT2D eigenvalue weighted by atomic mass is 10.2. The molecule has 1 aromatic heterocycles. The van der Waals surface area contributed by atoms with Crippen molar-refractivity contribution in [3.63, 3.8) is 0 Å². The van der Waals surface area contributed by atoms with Crippen LogP contribution in [0.3, 0.4) is 0 Å². The topological polar surface area (TPSA) is 87.3 Å². The van der Waals surface area contributed by atoms with E-state index in [0.29, 0.717) is 10.9 Å². The lowest BCUT2D eigenvalue weighted by Gasteiger charge is -2.12. The van der Waals surface area contributed by atoms with Crippen molar-refractivity contribution in [1.29, 1.82) is 0 Å². The van der Waals surface area contributed by atoms with Gasteiger partial charge in [0.2, 0.25) is 0 Å².